The fourth-order valence-corrected chi connectivity index (χ4v) is 1.71. The molecule has 0 spiro atoms. The van der Waals surface area contributed by atoms with Gasteiger partial charge in [-0.05, 0) is 23.8 Å². The smallest absolute Gasteiger partial charge is 0.409 e. The molecule has 7 heteroatoms. The normalized spacial score (nSPS) is 11.5. The van der Waals surface area contributed by atoms with E-state index >= 15 is 0 Å². The minimum absolute atomic E-state index is 0.144. The summed E-state index contributed by atoms with van der Waals surface area (Å²) in [4.78, 5) is 16.0. The number of benzene rings is 1. The van der Waals surface area contributed by atoms with Gasteiger partial charge in [0, 0.05) is 17.7 Å². The van der Waals surface area contributed by atoms with Gasteiger partial charge in [0.05, 0.1) is 19.0 Å². The number of carbonyl (C=O) groups excluding carboxylic acids is 1. The lowest BCUT2D eigenvalue weighted by atomic mass is 10.1. The average Bonchev–Trinajstić information content (AvgIpc) is 2.53. The number of rotatable bonds is 4. The number of halogens is 3. The maximum absolute atomic E-state index is 12.1. The van der Waals surface area contributed by atoms with Crippen LogP contribution in [0.5, 0.6) is 5.88 Å². The molecule has 1 N–H and O–H groups in total. The zero-order valence-electron chi connectivity index (χ0n) is 12.1. The summed E-state index contributed by atoms with van der Waals surface area (Å²) in [5.74, 6) is 0.0344. The molecule has 4 nitrogen and oxygen atoms in total. The molecule has 2 aromatic rings. The largest absolute Gasteiger partial charge is 0.481 e. The molecular formula is C16H13F3N2O2. The molecule has 2 rings (SSSR count). The Morgan fingerprint density at radius 1 is 1.17 bits per heavy atom. The van der Waals surface area contributed by atoms with Crippen LogP contribution in [0.2, 0.25) is 0 Å². The average molecular weight is 322 g/mol. The van der Waals surface area contributed by atoms with Gasteiger partial charge >= 0.3 is 6.18 Å². The number of allylic oxidation sites excluding steroid dienone is 1. The number of ether oxygens (including phenoxy) is 1. The molecule has 0 atom stereocenters. The summed E-state index contributed by atoms with van der Waals surface area (Å²) in [6.45, 7) is 0. The number of pyridine rings is 1. The SMILES string of the molecule is COc1ccc(NC(=O)c2ccc(/C=C/C(F)(F)F)cc2)cn1. The van der Waals surface area contributed by atoms with E-state index in [1.165, 1.54) is 37.6 Å². The lowest BCUT2D eigenvalue weighted by Crippen LogP contribution is -2.11. The molecule has 23 heavy (non-hydrogen) atoms. The minimum Gasteiger partial charge on any atom is -0.481 e. The van der Waals surface area contributed by atoms with Gasteiger partial charge in [-0.2, -0.15) is 13.2 Å². The number of hydrogen-bond acceptors (Lipinski definition) is 3. The third-order valence-corrected chi connectivity index (χ3v) is 2.84. The van der Waals surface area contributed by atoms with Gasteiger partial charge in [-0.1, -0.05) is 18.2 Å². The second kappa shape index (κ2) is 6.95. The molecule has 0 aliphatic rings. The van der Waals surface area contributed by atoms with Crippen LogP contribution in [0, 0.1) is 0 Å². The third kappa shape index (κ3) is 5.14. The van der Waals surface area contributed by atoms with Gasteiger partial charge in [-0.15, -0.1) is 0 Å². The molecule has 0 aliphatic heterocycles. The van der Waals surface area contributed by atoms with E-state index < -0.39 is 6.18 Å². The molecular weight excluding hydrogens is 309 g/mol. The standard InChI is InChI=1S/C16H13F3N2O2/c1-23-14-7-6-13(10-20-14)21-15(22)12-4-2-11(3-5-12)8-9-16(17,18)19/h2-10H,1H3,(H,21,22)/b9-8+. The van der Waals surface area contributed by atoms with Crippen molar-refractivity contribution in [2.24, 2.45) is 0 Å². The summed E-state index contributed by atoms with van der Waals surface area (Å²) < 4.78 is 41.1. The molecule has 0 radical (unpaired) electrons. The summed E-state index contributed by atoms with van der Waals surface area (Å²) in [6, 6.07) is 8.99. The number of hydrogen-bond donors (Lipinski definition) is 1. The van der Waals surface area contributed by atoms with E-state index in [-0.39, 0.29) is 12.0 Å². The Kier molecular flexibility index (Phi) is 5.00. The van der Waals surface area contributed by atoms with Crippen molar-refractivity contribution in [3.8, 4) is 5.88 Å². The molecule has 0 aliphatic carbocycles. The number of carbonyl (C=O) groups is 1. The molecule has 0 fully saturated rings. The van der Waals surface area contributed by atoms with Gasteiger partial charge in [-0.25, -0.2) is 4.98 Å². The van der Waals surface area contributed by atoms with Crippen LogP contribution in [0.25, 0.3) is 6.08 Å². The van der Waals surface area contributed by atoms with Crippen molar-refractivity contribution >= 4 is 17.7 Å². The third-order valence-electron chi connectivity index (χ3n) is 2.84. The van der Waals surface area contributed by atoms with Crippen LogP contribution in [0.3, 0.4) is 0 Å². The summed E-state index contributed by atoms with van der Waals surface area (Å²) in [5.41, 5.74) is 1.16. The van der Waals surface area contributed by atoms with Gasteiger partial charge in [0.25, 0.3) is 5.91 Å². The van der Waals surface area contributed by atoms with Crippen molar-refractivity contribution < 1.29 is 22.7 Å². The summed E-state index contributed by atoms with van der Waals surface area (Å²) in [5, 5.41) is 2.63. The Bertz CT molecular complexity index is 693. The van der Waals surface area contributed by atoms with Gasteiger partial charge in [0.2, 0.25) is 5.88 Å². The minimum atomic E-state index is -4.36. The molecule has 1 aromatic heterocycles. The van der Waals surface area contributed by atoms with Gasteiger partial charge in [-0.3, -0.25) is 4.79 Å². The van der Waals surface area contributed by atoms with E-state index in [9.17, 15) is 18.0 Å². The van der Waals surface area contributed by atoms with Crippen LogP contribution in [0.4, 0.5) is 18.9 Å². The Morgan fingerprint density at radius 2 is 1.87 bits per heavy atom. The number of anilines is 1. The van der Waals surface area contributed by atoms with E-state index in [0.29, 0.717) is 22.7 Å². The zero-order valence-corrected chi connectivity index (χ0v) is 12.1. The van der Waals surface area contributed by atoms with Crippen LogP contribution in [0.15, 0.2) is 48.7 Å². The predicted molar refractivity (Wildman–Crippen MR) is 80.3 cm³/mol. The Hall–Kier alpha value is -2.83. The molecule has 0 saturated carbocycles. The van der Waals surface area contributed by atoms with Crippen LogP contribution in [-0.4, -0.2) is 24.2 Å². The van der Waals surface area contributed by atoms with Crippen LogP contribution in [0.1, 0.15) is 15.9 Å². The van der Waals surface area contributed by atoms with Crippen molar-refractivity contribution in [1.82, 2.24) is 4.98 Å². The molecule has 0 saturated heterocycles. The first kappa shape index (κ1) is 16.5. The van der Waals surface area contributed by atoms with Crippen LogP contribution < -0.4 is 10.1 Å². The van der Waals surface area contributed by atoms with E-state index in [2.05, 4.69) is 10.3 Å². The van der Waals surface area contributed by atoms with Crippen molar-refractivity contribution in [3.05, 3.63) is 59.8 Å². The van der Waals surface area contributed by atoms with E-state index in [4.69, 9.17) is 4.74 Å². The molecule has 1 aromatic carbocycles. The highest BCUT2D eigenvalue weighted by molar-refractivity contribution is 6.04. The molecule has 0 unspecified atom stereocenters. The molecule has 0 bridgehead atoms. The number of aromatic nitrogens is 1. The lowest BCUT2D eigenvalue weighted by molar-refractivity contribution is -0.0790. The topological polar surface area (TPSA) is 51.2 Å². The first-order valence-electron chi connectivity index (χ1n) is 6.55. The summed E-state index contributed by atoms with van der Waals surface area (Å²) >= 11 is 0. The zero-order chi connectivity index (χ0) is 16.9. The summed E-state index contributed by atoms with van der Waals surface area (Å²) in [7, 11) is 1.48. The van der Waals surface area contributed by atoms with Gasteiger partial charge < -0.3 is 10.1 Å². The molecule has 1 amide bonds. The summed E-state index contributed by atoms with van der Waals surface area (Å²) in [6.07, 6.45) is -1.84. The van der Waals surface area contributed by atoms with Crippen LogP contribution in [-0.2, 0) is 0 Å². The fraction of sp³-hybridized carbons (Fsp3) is 0.125. The highest BCUT2D eigenvalue weighted by atomic mass is 19.4. The van der Waals surface area contributed by atoms with E-state index in [1.54, 1.807) is 12.1 Å². The maximum Gasteiger partial charge on any atom is 0.409 e. The quantitative estimate of drug-likeness (QED) is 0.928. The first-order chi connectivity index (χ1) is 10.9. The lowest BCUT2D eigenvalue weighted by Gasteiger charge is -2.06. The Balaban J connectivity index is 2.03. The predicted octanol–water partition coefficient (Wildman–Crippen LogP) is 3.92. The van der Waals surface area contributed by atoms with Crippen molar-refractivity contribution in [2.75, 3.05) is 12.4 Å². The Labute approximate surface area is 130 Å². The van der Waals surface area contributed by atoms with Crippen molar-refractivity contribution in [2.45, 2.75) is 6.18 Å². The van der Waals surface area contributed by atoms with Crippen molar-refractivity contribution in [3.63, 3.8) is 0 Å². The first-order valence-corrected chi connectivity index (χ1v) is 6.55. The number of nitrogens with one attached hydrogen (secondary N) is 1. The van der Waals surface area contributed by atoms with Crippen LogP contribution >= 0.6 is 0 Å². The monoisotopic (exact) mass is 322 g/mol. The highest BCUT2D eigenvalue weighted by Crippen LogP contribution is 2.18. The highest BCUT2D eigenvalue weighted by Gasteiger charge is 2.21. The van der Waals surface area contributed by atoms with Gasteiger partial charge in [0.1, 0.15) is 0 Å². The fourth-order valence-electron chi connectivity index (χ4n) is 1.71. The van der Waals surface area contributed by atoms with Gasteiger partial charge in [0.15, 0.2) is 0 Å². The maximum atomic E-state index is 12.1. The number of nitrogens with zero attached hydrogens (tertiary/aromatic N) is 1. The van der Waals surface area contributed by atoms with E-state index in [1.807, 2.05) is 0 Å². The second-order valence-corrected chi connectivity index (χ2v) is 4.54. The molecule has 120 valence electrons. The van der Waals surface area contributed by atoms with E-state index in [0.717, 1.165) is 6.08 Å². The van der Waals surface area contributed by atoms with Crippen molar-refractivity contribution in [1.29, 1.82) is 0 Å². The Morgan fingerprint density at radius 3 is 2.39 bits per heavy atom. The number of alkyl halides is 3. The second-order valence-electron chi connectivity index (χ2n) is 4.54. The molecule has 1 heterocycles. The number of methoxy groups -OCH3 is 1. The number of amides is 1.